The van der Waals surface area contributed by atoms with Crippen LogP contribution in [0.3, 0.4) is 0 Å². The molecule has 0 atom stereocenters. The van der Waals surface area contributed by atoms with E-state index in [1.807, 2.05) is 36.6 Å². The van der Waals surface area contributed by atoms with E-state index in [1.165, 1.54) is 17.4 Å². The van der Waals surface area contributed by atoms with Gasteiger partial charge >= 0.3 is 0 Å². The average molecular weight is 448 g/mol. The molecule has 0 saturated heterocycles. The molecule has 0 saturated carbocycles. The molecule has 3 aromatic rings. The maximum Gasteiger partial charge on any atom is 0.253 e. The summed E-state index contributed by atoms with van der Waals surface area (Å²) in [6, 6.07) is 12.4. The van der Waals surface area contributed by atoms with Gasteiger partial charge in [0.1, 0.15) is 5.75 Å². The summed E-state index contributed by atoms with van der Waals surface area (Å²) in [5.74, 6) is 0.418. The van der Waals surface area contributed by atoms with Crippen LogP contribution in [-0.2, 0) is 6.54 Å². The van der Waals surface area contributed by atoms with Gasteiger partial charge in [0.05, 0.1) is 22.1 Å². The SMILES string of the molecule is CCCOc1ccc(-c2csc(C=O)c2)cc1CNC(=O)c1ccc(Cl)cc1Cl. The minimum Gasteiger partial charge on any atom is -0.493 e. The molecule has 0 aliphatic carbocycles. The second kappa shape index (κ2) is 9.92. The molecule has 1 heterocycles. The number of benzene rings is 2. The van der Waals surface area contributed by atoms with Crippen molar-refractivity contribution < 1.29 is 14.3 Å². The molecule has 0 radical (unpaired) electrons. The van der Waals surface area contributed by atoms with Crippen molar-refractivity contribution in [1.82, 2.24) is 5.32 Å². The van der Waals surface area contributed by atoms with Gasteiger partial charge in [0.15, 0.2) is 6.29 Å². The predicted molar refractivity (Wildman–Crippen MR) is 119 cm³/mol. The first-order valence-corrected chi connectivity index (χ1v) is 10.7. The summed E-state index contributed by atoms with van der Waals surface area (Å²) in [6.45, 7) is 2.89. The second-order valence-corrected chi connectivity index (χ2v) is 8.12. The van der Waals surface area contributed by atoms with Gasteiger partial charge in [-0.1, -0.05) is 36.2 Å². The van der Waals surface area contributed by atoms with E-state index in [9.17, 15) is 9.59 Å². The third-order valence-corrected chi connectivity index (χ3v) is 5.61. The van der Waals surface area contributed by atoms with Gasteiger partial charge in [-0.2, -0.15) is 0 Å². The lowest BCUT2D eigenvalue weighted by molar-refractivity contribution is 0.0950. The summed E-state index contributed by atoms with van der Waals surface area (Å²) in [4.78, 5) is 24.2. The van der Waals surface area contributed by atoms with Crippen LogP contribution >= 0.6 is 34.5 Å². The number of carbonyl (C=O) groups excluding carboxylic acids is 2. The Bertz CT molecular complexity index is 1030. The van der Waals surface area contributed by atoms with Crippen LogP contribution in [0.4, 0.5) is 0 Å². The molecule has 0 aliphatic rings. The van der Waals surface area contributed by atoms with Crippen LogP contribution in [0.15, 0.2) is 47.8 Å². The van der Waals surface area contributed by atoms with Gasteiger partial charge in [0.25, 0.3) is 5.91 Å². The van der Waals surface area contributed by atoms with Crippen molar-refractivity contribution in [2.24, 2.45) is 0 Å². The summed E-state index contributed by atoms with van der Waals surface area (Å²) < 4.78 is 5.83. The molecule has 0 fully saturated rings. The summed E-state index contributed by atoms with van der Waals surface area (Å²) in [6.07, 6.45) is 1.71. The Morgan fingerprint density at radius 2 is 1.97 bits per heavy atom. The third-order valence-electron chi connectivity index (χ3n) is 4.21. The van der Waals surface area contributed by atoms with Gasteiger partial charge in [-0.15, -0.1) is 11.3 Å². The monoisotopic (exact) mass is 447 g/mol. The number of aldehydes is 1. The van der Waals surface area contributed by atoms with E-state index >= 15 is 0 Å². The number of halogens is 2. The van der Waals surface area contributed by atoms with Crippen LogP contribution in [0.25, 0.3) is 11.1 Å². The number of carbonyl (C=O) groups is 2. The Morgan fingerprint density at radius 1 is 1.14 bits per heavy atom. The Kier molecular flexibility index (Phi) is 7.31. The van der Waals surface area contributed by atoms with Crippen LogP contribution in [0, 0.1) is 0 Å². The predicted octanol–water partition coefficient (Wildman–Crippen LogP) is 6.25. The molecule has 0 spiro atoms. The number of rotatable bonds is 8. The molecule has 1 aromatic heterocycles. The highest BCUT2D eigenvalue weighted by atomic mass is 35.5. The maximum atomic E-state index is 12.6. The molecule has 7 heteroatoms. The number of nitrogens with one attached hydrogen (secondary N) is 1. The molecular formula is C22H19Cl2NO3S. The van der Waals surface area contributed by atoms with Crippen LogP contribution in [0.5, 0.6) is 5.75 Å². The highest BCUT2D eigenvalue weighted by Crippen LogP contribution is 2.30. The number of ether oxygens (including phenoxy) is 1. The first-order valence-electron chi connectivity index (χ1n) is 9.05. The highest BCUT2D eigenvalue weighted by molar-refractivity contribution is 7.12. The van der Waals surface area contributed by atoms with E-state index in [2.05, 4.69) is 5.32 Å². The van der Waals surface area contributed by atoms with E-state index in [-0.39, 0.29) is 12.5 Å². The zero-order chi connectivity index (χ0) is 20.8. The summed E-state index contributed by atoms with van der Waals surface area (Å²) in [5, 5.41) is 5.59. The van der Waals surface area contributed by atoms with Crippen LogP contribution < -0.4 is 10.1 Å². The minimum atomic E-state index is -0.294. The molecule has 4 nitrogen and oxygen atoms in total. The standard InChI is InChI=1S/C22H19Cl2NO3S/c1-2-7-28-21-6-3-14(16-9-18(12-26)29-13-16)8-15(21)11-25-22(27)19-5-4-17(23)10-20(19)24/h3-6,8-10,12-13H,2,7,11H2,1H3,(H,25,27). The van der Waals surface area contributed by atoms with Crippen LogP contribution in [0.2, 0.25) is 10.0 Å². The molecule has 0 bridgehead atoms. The number of hydrogen-bond donors (Lipinski definition) is 1. The zero-order valence-electron chi connectivity index (χ0n) is 15.7. The Labute approximate surface area is 183 Å². The average Bonchev–Trinajstić information content (AvgIpc) is 3.20. The Hall–Kier alpha value is -2.34. The van der Waals surface area contributed by atoms with Crippen molar-refractivity contribution in [1.29, 1.82) is 0 Å². The van der Waals surface area contributed by atoms with E-state index in [0.717, 1.165) is 29.4 Å². The fourth-order valence-electron chi connectivity index (χ4n) is 2.76. The summed E-state index contributed by atoms with van der Waals surface area (Å²) in [5.41, 5.74) is 3.10. The number of amides is 1. The second-order valence-electron chi connectivity index (χ2n) is 6.33. The van der Waals surface area contributed by atoms with E-state index in [0.29, 0.717) is 32.8 Å². The first kappa shape index (κ1) is 21.4. The van der Waals surface area contributed by atoms with Crippen molar-refractivity contribution in [2.45, 2.75) is 19.9 Å². The largest absolute Gasteiger partial charge is 0.493 e. The Morgan fingerprint density at radius 3 is 2.66 bits per heavy atom. The lowest BCUT2D eigenvalue weighted by Gasteiger charge is -2.14. The quantitative estimate of drug-likeness (QED) is 0.414. The fraction of sp³-hybridized carbons (Fsp3) is 0.182. The third kappa shape index (κ3) is 5.38. The number of hydrogen-bond acceptors (Lipinski definition) is 4. The molecule has 1 N–H and O–H groups in total. The lowest BCUT2D eigenvalue weighted by Crippen LogP contribution is -2.23. The fourth-order valence-corrected chi connectivity index (χ4v) is 3.97. The first-order chi connectivity index (χ1) is 14.0. The lowest BCUT2D eigenvalue weighted by atomic mass is 10.0. The molecule has 0 aliphatic heterocycles. The normalized spacial score (nSPS) is 10.6. The van der Waals surface area contributed by atoms with Crippen LogP contribution in [0.1, 0.15) is 38.9 Å². The van der Waals surface area contributed by atoms with Crippen molar-refractivity contribution in [3.05, 3.63) is 73.9 Å². The molecule has 29 heavy (non-hydrogen) atoms. The van der Waals surface area contributed by atoms with Crippen molar-refractivity contribution >= 4 is 46.7 Å². The Balaban J connectivity index is 1.83. The van der Waals surface area contributed by atoms with Crippen molar-refractivity contribution in [2.75, 3.05) is 6.61 Å². The summed E-state index contributed by atoms with van der Waals surface area (Å²) >= 11 is 13.4. The van der Waals surface area contributed by atoms with Gasteiger partial charge in [0, 0.05) is 17.1 Å². The van der Waals surface area contributed by atoms with Crippen molar-refractivity contribution in [3.63, 3.8) is 0 Å². The van der Waals surface area contributed by atoms with Crippen molar-refractivity contribution in [3.8, 4) is 16.9 Å². The van der Waals surface area contributed by atoms with E-state index in [4.69, 9.17) is 27.9 Å². The van der Waals surface area contributed by atoms with Gasteiger partial charge in [-0.3, -0.25) is 9.59 Å². The minimum absolute atomic E-state index is 0.273. The molecule has 150 valence electrons. The summed E-state index contributed by atoms with van der Waals surface area (Å²) in [7, 11) is 0. The van der Waals surface area contributed by atoms with Gasteiger partial charge in [0.2, 0.25) is 0 Å². The highest BCUT2D eigenvalue weighted by Gasteiger charge is 2.13. The smallest absolute Gasteiger partial charge is 0.253 e. The van der Waals surface area contributed by atoms with Gasteiger partial charge in [-0.25, -0.2) is 0 Å². The topological polar surface area (TPSA) is 55.4 Å². The molecule has 2 aromatic carbocycles. The van der Waals surface area contributed by atoms with Gasteiger partial charge < -0.3 is 10.1 Å². The van der Waals surface area contributed by atoms with E-state index < -0.39 is 0 Å². The molecule has 0 unspecified atom stereocenters. The molecule has 1 amide bonds. The number of thiophene rings is 1. The molecule has 3 rings (SSSR count). The van der Waals surface area contributed by atoms with Gasteiger partial charge in [-0.05, 0) is 59.3 Å². The maximum absolute atomic E-state index is 12.6. The molecular weight excluding hydrogens is 429 g/mol. The van der Waals surface area contributed by atoms with E-state index in [1.54, 1.807) is 12.1 Å². The zero-order valence-corrected chi connectivity index (χ0v) is 18.0. The van der Waals surface area contributed by atoms with Crippen LogP contribution in [-0.4, -0.2) is 18.8 Å².